The Balaban J connectivity index is 1.95. The Hall–Kier alpha value is -1.33. The van der Waals surface area contributed by atoms with E-state index < -0.39 is 0 Å². The van der Waals surface area contributed by atoms with Gasteiger partial charge < -0.3 is 14.2 Å². The van der Waals surface area contributed by atoms with E-state index in [-0.39, 0.29) is 5.91 Å². The van der Waals surface area contributed by atoms with E-state index in [1.807, 2.05) is 11.0 Å². The molecule has 1 aliphatic heterocycles. The van der Waals surface area contributed by atoms with Crippen LogP contribution in [0, 0.1) is 0 Å². The van der Waals surface area contributed by atoms with E-state index >= 15 is 0 Å². The first-order valence-corrected chi connectivity index (χ1v) is 7.63. The van der Waals surface area contributed by atoms with Crippen LogP contribution in [0.25, 0.3) is 10.2 Å². The second-order valence-electron chi connectivity index (χ2n) is 4.76. The summed E-state index contributed by atoms with van der Waals surface area (Å²) in [5, 5.41) is 2.08. The number of aromatic nitrogens is 1. The molecule has 0 aromatic carbocycles. The van der Waals surface area contributed by atoms with E-state index in [1.165, 1.54) is 10.2 Å². The molecule has 2 aromatic rings. The van der Waals surface area contributed by atoms with Gasteiger partial charge in [-0.05, 0) is 23.9 Å². The first-order chi connectivity index (χ1) is 9.31. The van der Waals surface area contributed by atoms with Gasteiger partial charge in [0.15, 0.2) is 0 Å². The highest BCUT2D eigenvalue weighted by molar-refractivity contribution is 7.17. The molecule has 0 radical (unpaired) electrons. The van der Waals surface area contributed by atoms with Gasteiger partial charge in [-0.15, -0.1) is 11.3 Å². The molecular formula is C14H18N2O2S. The van der Waals surface area contributed by atoms with Crippen molar-refractivity contribution in [3.8, 4) is 0 Å². The third-order valence-corrected chi connectivity index (χ3v) is 4.34. The van der Waals surface area contributed by atoms with E-state index in [0.717, 1.165) is 18.7 Å². The van der Waals surface area contributed by atoms with Crippen LogP contribution in [-0.2, 0) is 11.3 Å². The number of morpholine rings is 1. The SMILES string of the molecule is CCCn1c(C(=O)N2CCOCC2)cc2sccc21. The summed E-state index contributed by atoms with van der Waals surface area (Å²) in [5.41, 5.74) is 2.01. The van der Waals surface area contributed by atoms with Crippen molar-refractivity contribution in [2.45, 2.75) is 19.9 Å². The molecule has 0 aliphatic carbocycles. The van der Waals surface area contributed by atoms with Gasteiger partial charge in [-0.1, -0.05) is 6.92 Å². The van der Waals surface area contributed by atoms with Crippen LogP contribution < -0.4 is 0 Å². The van der Waals surface area contributed by atoms with E-state index in [0.29, 0.717) is 26.3 Å². The first kappa shape index (κ1) is 12.7. The molecule has 3 rings (SSSR count). The van der Waals surface area contributed by atoms with Gasteiger partial charge >= 0.3 is 0 Å². The van der Waals surface area contributed by atoms with Gasteiger partial charge in [-0.3, -0.25) is 4.79 Å². The lowest BCUT2D eigenvalue weighted by molar-refractivity contribution is 0.0296. The molecule has 0 saturated carbocycles. The third kappa shape index (κ3) is 2.28. The molecule has 3 heterocycles. The highest BCUT2D eigenvalue weighted by Gasteiger charge is 2.23. The van der Waals surface area contributed by atoms with Crippen molar-refractivity contribution < 1.29 is 9.53 Å². The number of thiophene rings is 1. The monoisotopic (exact) mass is 278 g/mol. The number of nitrogens with zero attached hydrogens (tertiary/aromatic N) is 2. The fourth-order valence-corrected chi connectivity index (χ4v) is 3.37. The summed E-state index contributed by atoms with van der Waals surface area (Å²) in [6.45, 7) is 5.73. The highest BCUT2D eigenvalue weighted by atomic mass is 32.1. The van der Waals surface area contributed by atoms with Crippen molar-refractivity contribution in [2.75, 3.05) is 26.3 Å². The van der Waals surface area contributed by atoms with Crippen molar-refractivity contribution in [3.05, 3.63) is 23.2 Å². The maximum absolute atomic E-state index is 12.6. The summed E-state index contributed by atoms with van der Waals surface area (Å²) in [5.74, 6) is 0.139. The van der Waals surface area contributed by atoms with E-state index in [4.69, 9.17) is 4.74 Å². The second kappa shape index (κ2) is 5.35. The van der Waals surface area contributed by atoms with Crippen LogP contribution in [0.1, 0.15) is 23.8 Å². The van der Waals surface area contributed by atoms with Gasteiger partial charge in [-0.25, -0.2) is 0 Å². The minimum atomic E-state index is 0.139. The minimum Gasteiger partial charge on any atom is -0.378 e. The number of hydrogen-bond donors (Lipinski definition) is 0. The summed E-state index contributed by atoms with van der Waals surface area (Å²) >= 11 is 1.70. The van der Waals surface area contributed by atoms with Crippen molar-refractivity contribution in [1.29, 1.82) is 0 Å². The number of ether oxygens (including phenoxy) is 1. The van der Waals surface area contributed by atoms with Crippen LogP contribution >= 0.6 is 11.3 Å². The van der Waals surface area contributed by atoms with Crippen LogP contribution in [-0.4, -0.2) is 41.7 Å². The molecule has 1 amide bonds. The maximum atomic E-state index is 12.6. The van der Waals surface area contributed by atoms with Crippen LogP contribution in [0.2, 0.25) is 0 Å². The molecule has 19 heavy (non-hydrogen) atoms. The lowest BCUT2D eigenvalue weighted by atomic mass is 10.3. The third-order valence-electron chi connectivity index (χ3n) is 3.49. The maximum Gasteiger partial charge on any atom is 0.270 e. The summed E-state index contributed by atoms with van der Waals surface area (Å²) in [6, 6.07) is 4.14. The zero-order valence-corrected chi connectivity index (χ0v) is 11.9. The zero-order valence-electron chi connectivity index (χ0n) is 11.1. The molecule has 4 nitrogen and oxygen atoms in total. The van der Waals surface area contributed by atoms with E-state index in [9.17, 15) is 4.79 Å². The Morgan fingerprint density at radius 2 is 2.21 bits per heavy atom. The summed E-state index contributed by atoms with van der Waals surface area (Å²) < 4.78 is 8.66. The van der Waals surface area contributed by atoms with E-state index in [1.54, 1.807) is 11.3 Å². The second-order valence-corrected chi connectivity index (χ2v) is 5.70. The average Bonchev–Trinajstić information content (AvgIpc) is 3.02. The summed E-state index contributed by atoms with van der Waals surface area (Å²) in [4.78, 5) is 14.5. The number of carbonyl (C=O) groups is 1. The normalized spacial score (nSPS) is 16.2. The Morgan fingerprint density at radius 1 is 1.42 bits per heavy atom. The molecule has 0 N–H and O–H groups in total. The molecule has 0 unspecified atom stereocenters. The summed E-state index contributed by atoms with van der Waals surface area (Å²) in [6.07, 6.45) is 1.03. The Bertz CT molecular complexity index is 581. The van der Waals surface area contributed by atoms with Crippen LogP contribution in [0.3, 0.4) is 0 Å². The number of carbonyl (C=O) groups excluding carboxylic acids is 1. The van der Waals surface area contributed by atoms with Crippen LogP contribution in [0.15, 0.2) is 17.5 Å². The van der Waals surface area contributed by atoms with Gasteiger partial charge in [0.1, 0.15) is 5.69 Å². The average molecular weight is 278 g/mol. The van der Waals surface area contributed by atoms with Crippen molar-refractivity contribution >= 4 is 27.5 Å². The fraction of sp³-hybridized carbons (Fsp3) is 0.500. The predicted octanol–water partition coefficient (Wildman–Crippen LogP) is 2.59. The lowest BCUT2D eigenvalue weighted by Crippen LogP contribution is -2.41. The van der Waals surface area contributed by atoms with E-state index in [2.05, 4.69) is 22.9 Å². The van der Waals surface area contributed by atoms with Gasteiger partial charge in [0.2, 0.25) is 0 Å². The number of fused-ring (bicyclic) bond motifs is 1. The summed E-state index contributed by atoms with van der Waals surface area (Å²) in [7, 11) is 0. The first-order valence-electron chi connectivity index (χ1n) is 6.75. The predicted molar refractivity (Wildman–Crippen MR) is 76.8 cm³/mol. The minimum absolute atomic E-state index is 0.139. The van der Waals surface area contributed by atoms with Crippen LogP contribution in [0.5, 0.6) is 0 Å². The molecule has 1 fully saturated rings. The number of rotatable bonds is 3. The van der Waals surface area contributed by atoms with Crippen molar-refractivity contribution in [1.82, 2.24) is 9.47 Å². The largest absolute Gasteiger partial charge is 0.378 e. The molecule has 1 aliphatic rings. The Labute approximate surface area is 116 Å². The van der Waals surface area contributed by atoms with Gasteiger partial charge in [0, 0.05) is 19.6 Å². The van der Waals surface area contributed by atoms with Gasteiger partial charge in [0.05, 0.1) is 23.4 Å². The molecule has 2 aromatic heterocycles. The number of hydrogen-bond acceptors (Lipinski definition) is 3. The molecule has 0 atom stereocenters. The topological polar surface area (TPSA) is 34.5 Å². The zero-order chi connectivity index (χ0) is 13.2. The quantitative estimate of drug-likeness (QED) is 0.865. The number of aryl methyl sites for hydroxylation is 1. The molecule has 5 heteroatoms. The molecule has 1 saturated heterocycles. The van der Waals surface area contributed by atoms with Crippen molar-refractivity contribution in [3.63, 3.8) is 0 Å². The Kier molecular flexibility index (Phi) is 3.57. The van der Waals surface area contributed by atoms with Gasteiger partial charge in [-0.2, -0.15) is 0 Å². The lowest BCUT2D eigenvalue weighted by Gasteiger charge is -2.27. The molecular weight excluding hydrogens is 260 g/mol. The molecule has 102 valence electrons. The fourth-order valence-electron chi connectivity index (χ4n) is 2.55. The van der Waals surface area contributed by atoms with Crippen molar-refractivity contribution in [2.24, 2.45) is 0 Å². The highest BCUT2D eigenvalue weighted by Crippen LogP contribution is 2.26. The van der Waals surface area contributed by atoms with Gasteiger partial charge in [0.25, 0.3) is 5.91 Å². The van der Waals surface area contributed by atoms with Crippen LogP contribution in [0.4, 0.5) is 0 Å². The molecule has 0 bridgehead atoms. The molecule has 0 spiro atoms. The standard InChI is InChI=1S/C14H18N2O2S/c1-2-4-16-11-3-9-19-13(11)10-12(16)14(17)15-5-7-18-8-6-15/h3,9-10H,2,4-8H2,1H3. The number of amides is 1. The Morgan fingerprint density at radius 3 is 2.95 bits per heavy atom. The smallest absolute Gasteiger partial charge is 0.270 e.